The quantitative estimate of drug-likeness (QED) is 0.655. The van der Waals surface area contributed by atoms with Crippen molar-refractivity contribution in [1.29, 1.82) is 0 Å². The number of carbonyl (C=O) groups excluding carboxylic acids is 2. The minimum Gasteiger partial charge on any atom is -0.460 e. The molecule has 0 spiro atoms. The minimum atomic E-state index is -0.387. The summed E-state index contributed by atoms with van der Waals surface area (Å²) in [7, 11) is 0. The van der Waals surface area contributed by atoms with Crippen LogP contribution in [0.15, 0.2) is 42.7 Å². The molecule has 1 N–H and O–H groups in total. The predicted molar refractivity (Wildman–Crippen MR) is 93.9 cm³/mol. The van der Waals surface area contributed by atoms with Gasteiger partial charge in [0, 0.05) is 30.9 Å². The van der Waals surface area contributed by atoms with Gasteiger partial charge in [-0.3, -0.25) is 9.59 Å². The molecule has 136 valence electrons. The molecule has 7 heteroatoms. The second-order valence-electron chi connectivity index (χ2n) is 6.21. The zero-order valence-corrected chi connectivity index (χ0v) is 14.6. The molecule has 3 rings (SSSR count). The summed E-state index contributed by atoms with van der Waals surface area (Å²) in [6, 6.07) is 8.78. The van der Waals surface area contributed by atoms with E-state index in [4.69, 9.17) is 9.47 Å². The van der Waals surface area contributed by atoms with Crippen LogP contribution in [0, 0.1) is 0 Å². The van der Waals surface area contributed by atoms with Gasteiger partial charge in [-0.05, 0) is 56.0 Å². The Kier molecular flexibility index (Phi) is 5.78. The molecule has 1 amide bonds. The summed E-state index contributed by atoms with van der Waals surface area (Å²) in [5.74, 6) is -0.0907. The van der Waals surface area contributed by atoms with Gasteiger partial charge in [0.1, 0.15) is 11.9 Å². The zero-order valence-electron chi connectivity index (χ0n) is 14.6. The molecule has 0 bridgehead atoms. The Labute approximate surface area is 151 Å². The first-order valence-corrected chi connectivity index (χ1v) is 8.63. The summed E-state index contributed by atoms with van der Waals surface area (Å²) in [5.41, 5.74) is 0.539. The summed E-state index contributed by atoms with van der Waals surface area (Å²) >= 11 is 0. The first-order chi connectivity index (χ1) is 12.6. The van der Waals surface area contributed by atoms with E-state index in [0.29, 0.717) is 17.3 Å². The molecular formula is C19H21N3O4. The minimum absolute atomic E-state index is 0.0774. The summed E-state index contributed by atoms with van der Waals surface area (Å²) in [5, 5.41) is 3.05. The van der Waals surface area contributed by atoms with Crippen molar-refractivity contribution in [2.75, 3.05) is 0 Å². The van der Waals surface area contributed by atoms with Gasteiger partial charge < -0.3 is 14.8 Å². The Morgan fingerprint density at radius 2 is 1.69 bits per heavy atom. The second kappa shape index (κ2) is 8.42. The fraction of sp³-hybridized carbons (Fsp3) is 0.368. The fourth-order valence-corrected chi connectivity index (χ4v) is 2.93. The Hall–Kier alpha value is -2.96. The first kappa shape index (κ1) is 17.8. The van der Waals surface area contributed by atoms with Crippen LogP contribution in [0.2, 0.25) is 0 Å². The maximum atomic E-state index is 12.3. The van der Waals surface area contributed by atoms with E-state index in [9.17, 15) is 9.59 Å². The van der Waals surface area contributed by atoms with Gasteiger partial charge >= 0.3 is 12.0 Å². The highest BCUT2D eigenvalue weighted by Crippen LogP contribution is 2.22. The number of carbonyl (C=O) groups is 2. The molecule has 0 aliphatic heterocycles. The third kappa shape index (κ3) is 5.02. The summed E-state index contributed by atoms with van der Waals surface area (Å²) in [4.78, 5) is 31.4. The number of aromatic nitrogens is 2. The lowest BCUT2D eigenvalue weighted by atomic mass is 9.92. The van der Waals surface area contributed by atoms with Crippen molar-refractivity contribution >= 4 is 11.9 Å². The van der Waals surface area contributed by atoms with E-state index >= 15 is 0 Å². The molecule has 1 aromatic heterocycles. The second-order valence-corrected chi connectivity index (χ2v) is 6.21. The van der Waals surface area contributed by atoms with Gasteiger partial charge in [0.05, 0.1) is 0 Å². The highest BCUT2D eigenvalue weighted by atomic mass is 16.5. The highest BCUT2D eigenvalue weighted by Gasteiger charge is 2.24. The Balaban J connectivity index is 1.46. The maximum Gasteiger partial charge on any atom is 0.316 e. The average Bonchev–Trinajstić information content (AvgIpc) is 2.64. The number of esters is 1. The van der Waals surface area contributed by atoms with Gasteiger partial charge in [-0.1, -0.05) is 0 Å². The van der Waals surface area contributed by atoms with Crippen molar-refractivity contribution in [2.45, 2.75) is 44.8 Å². The van der Waals surface area contributed by atoms with Crippen molar-refractivity contribution in [3.63, 3.8) is 0 Å². The predicted octanol–water partition coefficient (Wildman–Crippen LogP) is 2.52. The van der Waals surface area contributed by atoms with Gasteiger partial charge in [-0.15, -0.1) is 0 Å². The van der Waals surface area contributed by atoms with Crippen LogP contribution in [0.1, 0.15) is 43.0 Å². The molecule has 1 saturated carbocycles. The molecule has 0 unspecified atom stereocenters. The van der Waals surface area contributed by atoms with Crippen molar-refractivity contribution in [3.8, 4) is 11.8 Å². The molecule has 1 heterocycles. The lowest BCUT2D eigenvalue weighted by Crippen LogP contribution is -2.39. The zero-order chi connectivity index (χ0) is 18.4. The summed E-state index contributed by atoms with van der Waals surface area (Å²) < 4.78 is 10.7. The van der Waals surface area contributed by atoms with Crippen molar-refractivity contribution in [1.82, 2.24) is 15.3 Å². The molecular weight excluding hydrogens is 334 g/mol. The number of benzene rings is 1. The van der Waals surface area contributed by atoms with Crippen molar-refractivity contribution < 1.29 is 19.1 Å². The van der Waals surface area contributed by atoms with Crippen molar-refractivity contribution in [3.05, 3.63) is 48.3 Å². The number of nitrogens with zero attached hydrogens (tertiary/aromatic N) is 2. The van der Waals surface area contributed by atoms with E-state index in [2.05, 4.69) is 15.3 Å². The molecule has 1 aliphatic rings. The smallest absolute Gasteiger partial charge is 0.316 e. The van der Waals surface area contributed by atoms with Gasteiger partial charge in [-0.2, -0.15) is 0 Å². The first-order valence-electron chi connectivity index (χ1n) is 8.63. The van der Waals surface area contributed by atoms with E-state index < -0.39 is 0 Å². The third-order valence-electron chi connectivity index (χ3n) is 4.20. The van der Waals surface area contributed by atoms with Gasteiger partial charge in [0.25, 0.3) is 5.91 Å². The highest BCUT2D eigenvalue weighted by molar-refractivity contribution is 5.94. The lowest BCUT2D eigenvalue weighted by Gasteiger charge is -2.28. The molecule has 26 heavy (non-hydrogen) atoms. The van der Waals surface area contributed by atoms with Crippen LogP contribution >= 0.6 is 0 Å². The maximum absolute atomic E-state index is 12.3. The van der Waals surface area contributed by atoms with Crippen LogP contribution in [0.25, 0.3) is 0 Å². The fourth-order valence-electron chi connectivity index (χ4n) is 2.93. The topological polar surface area (TPSA) is 90.4 Å². The number of nitrogens with one attached hydrogen (secondary N) is 1. The van der Waals surface area contributed by atoms with Crippen LogP contribution < -0.4 is 14.8 Å². The summed E-state index contributed by atoms with van der Waals surface area (Å²) in [6.07, 6.45) is 6.75. The van der Waals surface area contributed by atoms with E-state index in [1.54, 1.807) is 42.7 Å². The number of hydrogen-bond acceptors (Lipinski definition) is 6. The van der Waals surface area contributed by atoms with Gasteiger partial charge in [0.15, 0.2) is 0 Å². The number of rotatable bonds is 5. The van der Waals surface area contributed by atoms with Crippen LogP contribution in [-0.4, -0.2) is 34.0 Å². The monoisotopic (exact) mass is 355 g/mol. The van der Waals surface area contributed by atoms with E-state index in [1.807, 2.05) is 0 Å². The van der Waals surface area contributed by atoms with E-state index in [1.165, 1.54) is 6.92 Å². The van der Waals surface area contributed by atoms with Crippen LogP contribution in [0.5, 0.6) is 11.8 Å². The number of ether oxygens (including phenoxy) is 2. The molecule has 0 saturated heterocycles. The Morgan fingerprint density at radius 3 is 2.31 bits per heavy atom. The van der Waals surface area contributed by atoms with Gasteiger partial charge in [0.2, 0.25) is 0 Å². The van der Waals surface area contributed by atoms with Crippen LogP contribution in [-0.2, 0) is 4.79 Å². The molecule has 7 nitrogen and oxygen atoms in total. The normalized spacial score (nSPS) is 19.4. The molecule has 1 fully saturated rings. The third-order valence-corrected chi connectivity index (χ3v) is 4.20. The van der Waals surface area contributed by atoms with Crippen LogP contribution in [0.3, 0.4) is 0 Å². The molecule has 1 aliphatic carbocycles. The van der Waals surface area contributed by atoms with Gasteiger partial charge in [-0.25, -0.2) is 9.97 Å². The molecule has 1 aromatic carbocycles. The lowest BCUT2D eigenvalue weighted by molar-refractivity contribution is -0.131. The van der Waals surface area contributed by atoms with Crippen molar-refractivity contribution in [2.24, 2.45) is 0 Å². The summed E-state index contributed by atoms with van der Waals surface area (Å²) in [6.45, 7) is 1.34. The Bertz CT molecular complexity index is 741. The number of amides is 1. The Morgan fingerprint density at radius 1 is 1.04 bits per heavy atom. The van der Waals surface area contributed by atoms with Crippen LogP contribution in [0.4, 0.5) is 0 Å². The molecule has 0 radical (unpaired) electrons. The standard InChI is InChI=1S/C19H21N3O4/c1-13(23)25-16-7-3-14(4-8-16)18(24)22-15-5-9-17(10-6-15)26-19-20-11-2-12-21-19/h2-4,7-8,11-12,15,17H,5-6,9-10H2,1H3,(H,22,24). The largest absolute Gasteiger partial charge is 0.460 e. The number of hydrogen-bond donors (Lipinski definition) is 1. The SMILES string of the molecule is CC(=O)Oc1ccc(C(=O)NC2CCC(Oc3ncccn3)CC2)cc1. The average molecular weight is 355 g/mol. The van der Waals surface area contributed by atoms with E-state index in [0.717, 1.165) is 25.7 Å². The molecule has 0 atom stereocenters. The molecule has 2 aromatic rings. The van der Waals surface area contributed by atoms with E-state index in [-0.39, 0.29) is 24.0 Å².